The number of anilines is 1. The number of hydrogen-bond acceptors (Lipinski definition) is 6. The van der Waals surface area contributed by atoms with Crippen molar-refractivity contribution in [2.45, 2.75) is 26.3 Å². The first-order chi connectivity index (χ1) is 13.0. The van der Waals surface area contributed by atoms with Crippen LogP contribution >= 0.6 is 0 Å². The van der Waals surface area contributed by atoms with Crippen LogP contribution in [0, 0.1) is 23.2 Å². The largest absolute Gasteiger partial charge is 0.352 e. The summed E-state index contributed by atoms with van der Waals surface area (Å²) in [5, 5.41) is 13.7. The van der Waals surface area contributed by atoms with Crippen LogP contribution in [-0.2, 0) is 11.8 Å². The minimum absolute atomic E-state index is 0.0856. The molecule has 1 saturated heterocycles. The molecule has 8 heteroatoms. The molecular formula is C19H23N7O. The lowest BCUT2D eigenvalue weighted by atomic mass is 10.1. The van der Waals surface area contributed by atoms with Crippen LogP contribution in [0.15, 0.2) is 18.6 Å². The van der Waals surface area contributed by atoms with Gasteiger partial charge in [-0.25, -0.2) is 9.97 Å². The van der Waals surface area contributed by atoms with Crippen molar-refractivity contribution in [2.24, 2.45) is 18.9 Å². The van der Waals surface area contributed by atoms with Gasteiger partial charge < -0.3 is 9.80 Å². The number of piperazine rings is 1. The van der Waals surface area contributed by atoms with Gasteiger partial charge in [0.25, 0.3) is 0 Å². The molecule has 0 N–H and O–H groups in total. The quantitative estimate of drug-likeness (QED) is 0.817. The van der Waals surface area contributed by atoms with Gasteiger partial charge in [-0.15, -0.1) is 0 Å². The molecule has 0 spiro atoms. The lowest BCUT2D eigenvalue weighted by Crippen LogP contribution is -2.55. The normalized spacial score (nSPS) is 24.6. The topological polar surface area (TPSA) is 90.9 Å². The molecule has 1 aliphatic heterocycles. The molecule has 0 aromatic carbocycles. The molecule has 3 heterocycles. The Morgan fingerprint density at radius 3 is 2.67 bits per heavy atom. The average Bonchev–Trinajstić information content (AvgIpc) is 3.24. The molecule has 2 aromatic rings. The maximum absolute atomic E-state index is 12.6. The third kappa shape index (κ3) is 3.25. The van der Waals surface area contributed by atoms with E-state index in [0.29, 0.717) is 42.8 Å². The molecule has 4 rings (SSSR count). The van der Waals surface area contributed by atoms with Gasteiger partial charge in [-0.3, -0.25) is 9.48 Å². The maximum atomic E-state index is 12.6. The molecule has 0 radical (unpaired) electrons. The van der Waals surface area contributed by atoms with Crippen LogP contribution in [0.4, 0.5) is 5.82 Å². The van der Waals surface area contributed by atoms with E-state index in [9.17, 15) is 10.1 Å². The Hall–Kier alpha value is -2.95. The van der Waals surface area contributed by atoms with Gasteiger partial charge in [-0.1, -0.05) is 6.92 Å². The highest BCUT2D eigenvalue weighted by molar-refractivity contribution is 5.82. The summed E-state index contributed by atoms with van der Waals surface area (Å²) in [4.78, 5) is 25.6. The van der Waals surface area contributed by atoms with Gasteiger partial charge in [0.2, 0.25) is 5.91 Å². The summed E-state index contributed by atoms with van der Waals surface area (Å²) >= 11 is 0. The van der Waals surface area contributed by atoms with Crippen molar-refractivity contribution >= 4 is 11.7 Å². The van der Waals surface area contributed by atoms with Crippen molar-refractivity contribution in [3.05, 3.63) is 24.2 Å². The highest BCUT2D eigenvalue weighted by Gasteiger charge is 2.43. The smallest absolute Gasteiger partial charge is 0.226 e. The van der Waals surface area contributed by atoms with Crippen molar-refractivity contribution in [1.29, 1.82) is 5.26 Å². The van der Waals surface area contributed by atoms with E-state index in [1.165, 1.54) is 0 Å². The Labute approximate surface area is 158 Å². The van der Waals surface area contributed by atoms with Gasteiger partial charge in [-0.2, -0.15) is 10.4 Å². The predicted molar refractivity (Wildman–Crippen MR) is 99.6 cm³/mol. The van der Waals surface area contributed by atoms with E-state index < -0.39 is 0 Å². The second-order valence-corrected chi connectivity index (χ2v) is 7.59. The molecule has 1 aliphatic carbocycles. The minimum Gasteiger partial charge on any atom is -0.352 e. The van der Waals surface area contributed by atoms with Gasteiger partial charge in [0.15, 0.2) is 11.6 Å². The van der Waals surface area contributed by atoms with E-state index >= 15 is 0 Å². The fraction of sp³-hybridized carbons (Fsp3) is 0.526. The second-order valence-electron chi connectivity index (χ2n) is 7.59. The number of amides is 1. The lowest BCUT2D eigenvalue weighted by molar-refractivity contribution is -0.135. The van der Waals surface area contributed by atoms with Crippen LogP contribution < -0.4 is 4.90 Å². The summed E-state index contributed by atoms with van der Waals surface area (Å²) in [7, 11) is 1.84. The number of nitriles is 1. The number of aryl methyl sites for hydroxylation is 1. The first-order valence-electron chi connectivity index (χ1n) is 9.29. The summed E-state index contributed by atoms with van der Waals surface area (Å²) in [5.41, 5.74) is 1.26. The highest BCUT2D eigenvalue weighted by atomic mass is 16.2. The van der Waals surface area contributed by atoms with E-state index in [4.69, 9.17) is 0 Å². The van der Waals surface area contributed by atoms with E-state index in [0.717, 1.165) is 12.0 Å². The monoisotopic (exact) mass is 365 g/mol. The van der Waals surface area contributed by atoms with E-state index in [1.54, 1.807) is 17.1 Å². The number of carbonyl (C=O) groups excluding carboxylic acids is 1. The molecule has 3 atom stereocenters. The van der Waals surface area contributed by atoms with Crippen molar-refractivity contribution in [3.63, 3.8) is 0 Å². The van der Waals surface area contributed by atoms with Crippen LogP contribution in [0.1, 0.15) is 25.8 Å². The van der Waals surface area contributed by atoms with Gasteiger partial charge in [-0.05, 0) is 19.3 Å². The van der Waals surface area contributed by atoms with Gasteiger partial charge in [0, 0.05) is 44.8 Å². The fourth-order valence-electron chi connectivity index (χ4n) is 3.73. The molecule has 2 unspecified atom stereocenters. The molecule has 8 nitrogen and oxygen atoms in total. The fourth-order valence-corrected chi connectivity index (χ4v) is 3.73. The molecule has 0 bridgehead atoms. The zero-order chi connectivity index (χ0) is 19.1. The lowest BCUT2D eigenvalue weighted by Gasteiger charge is -2.40. The standard InChI is InChI=1S/C19H23N7O/c1-12-6-16(12)19(27)26-5-4-25(10-13(26)2)18-14(7-20)8-21-17(23-18)15-9-22-24(3)11-15/h8-9,11-13,16H,4-6,10H2,1-3H3/t12?,13-,16?/m1/s1. The average molecular weight is 365 g/mol. The van der Waals surface area contributed by atoms with Gasteiger partial charge in [0.05, 0.1) is 18.0 Å². The van der Waals surface area contributed by atoms with Gasteiger partial charge >= 0.3 is 0 Å². The summed E-state index contributed by atoms with van der Waals surface area (Å²) in [6.07, 6.45) is 6.13. The second kappa shape index (κ2) is 6.65. The number of hydrogen-bond donors (Lipinski definition) is 0. The summed E-state index contributed by atoms with van der Waals surface area (Å²) in [6, 6.07) is 2.28. The van der Waals surface area contributed by atoms with Gasteiger partial charge in [0.1, 0.15) is 11.6 Å². The molecule has 140 valence electrons. The molecule has 1 saturated carbocycles. The number of rotatable bonds is 3. The first kappa shape index (κ1) is 17.5. The highest BCUT2D eigenvalue weighted by Crippen LogP contribution is 2.40. The van der Waals surface area contributed by atoms with Crippen molar-refractivity contribution < 1.29 is 4.79 Å². The maximum Gasteiger partial charge on any atom is 0.226 e. The van der Waals surface area contributed by atoms with Crippen LogP contribution in [0.3, 0.4) is 0 Å². The Balaban J connectivity index is 1.56. The van der Waals surface area contributed by atoms with Crippen LogP contribution in [0.25, 0.3) is 11.4 Å². The summed E-state index contributed by atoms with van der Waals surface area (Å²) < 4.78 is 1.70. The third-order valence-electron chi connectivity index (χ3n) is 5.49. The van der Waals surface area contributed by atoms with Crippen molar-refractivity contribution in [1.82, 2.24) is 24.6 Å². The molecule has 27 heavy (non-hydrogen) atoms. The van der Waals surface area contributed by atoms with Crippen LogP contribution in [0.5, 0.6) is 0 Å². The molecule has 2 aliphatic rings. The Bertz CT molecular complexity index is 915. The number of carbonyl (C=O) groups is 1. The van der Waals surface area contributed by atoms with Crippen molar-refractivity contribution in [3.8, 4) is 17.5 Å². The third-order valence-corrected chi connectivity index (χ3v) is 5.49. The van der Waals surface area contributed by atoms with E-state index in [2.05, 4.69) is 39.9 Å². The summed E-state index contributed by atoms with van der Waals surface area (Å²) in [5.74, 6) is 2.16. The minimum atomic E-state index is 0.0856. The Kier molecular flexibility index (Phi) is 4.30. The zero-order valence-electron chi connectivity index (χ0n) is 15.8. The van der Waals surface area contributed by atoms with Crippen LogP contribution in [-0.4, -0.2) is 56.2 Å². The Morgan fingerprint density at radius 2 is 2.07 bits per heavy atom. The van der Waals surface area contributed by atoms with E-state index in [-0.39, 0.29) is 17.9 Å². The van der Waals surface area contributed by atoms with Crippen LogP contribution in [0.2, 0.25) is 0 Å². The Morgan fingerprint density at radius 1 is 1.30 bits per heavy atom. The van der Waals surface area contributed by atoms with Crippen molar-refractivity contribution in [2.75, 3.05) is 24.5 Å². The first-order valence-corrected chi connectivity index (χ1v) is 9.29. The SMILES string of the molecule is CC1CC1C(=O)N1CCN(c2nc(-c3cnn(C)c3)ncc2C#N)C[C@H]1C. The van der Waals surface area contributed by atoms with E-state index in [1.807, 2.05) is 18.1 Å². The molecular weight excluding hydrogens is 342 g/mol. The number of nitrogens with zero attached hydrogens (tertiary/aromatic N) is 7. The zero-order valence-corrected chi connectivity index (χ0v) is 15.8. The predicted octanol–water partition coefficient (Wildman–Crippen LogP) is 1.44. The molecule has 2 fully saturated rings. The summed E-state index contributed by atoms with van der Waals surface area (Å²) in [6.45, 7) is 6.16. The molecule has 2 aromatic heterocycles. The molecule has 1 amide bonds. The number of aromatic nitrogens is 4.